The Bertz CT molecular complexity index is 3380. The quantitative estimate of drug-likeness (QED) is 0.0847. The molecule has 0 atom stereocenters. The lowest BCUT2D eigenvalue weighted by molar-refractivity contribution is 0.667. The second kappa shape index (κ2) is 20.4. The van der Waals surface area contributed by atoms with Crippen LogP contribution < -0.4 is 0 Å². The van der Waals surface area contributed by atoms with Gasteiger partial charge < -0.3 is 0 Å². The maximum absolute atomic E-state index is 2.42. The molecule has 0 saturated carbocycles. The van der Waals surface area contributed by atoms with Crippen LogP contribution in [0, 0.1) is 0 Å². The summed E-state index contributed by atoms with van der Waals surface area (Å²) in [4.78, 5) is 0. The van der Waals surface area contributed by atoms with Gasteiger partial charge in [-0.3, -0.25) is 0 Å². The molecule has 1 spiro atoms. The summed E-state index contributed by atoms with van der Waals surface area (Å²) in [6.07, 6.45) is 12.5. The first kappa shape index (κ1) is 46.3. The Morgan fingerprint density at radius 2 is 0.548 bits per heavy atom. The highest BCUT2D eigenvalue weighted by atomic mass is 14.5. The van der Waals surface area contributed by atoms with Crippen molar-refractivity contribution in [2.24, 2.45) is 0 Å². The summed E-state index contributed by atoms with van der Waals surface area (Å²) in [6.45, 7) is 4.56. The van der Waals surface area contributed by atoms with E-state index in [-0.39, 0.29) is 0 Å². The summed E-state index contributed by atoms with van der Waals surface area (Å²) in [5.41, 5.74) is 28.1. The first-order chi connectivity index (χ1) is 36.1. The second-order valence-corrected chi connectivity index (χ2v) is 20.6. The minimum Gasteiger partial charge on any atom is -0.0654 e. The van der Waals surface area contributed by atoms with Gasteiger partial charge in [-0.2, -0.15) is 0 Å². The number of hydrogen-bond acceptors (Lipinski definition) is 0. The lowest BCUT2D eigenvalue weighted by Crippen LogP contribution is -2.25. The van der Waals surface area contributed by atoms with E-state index in [1.807, 2.05) is 0 Å². The van der Waals surface area contributed by atoms with Gasteiger partial charge in [0.15, 0.2) is 0 Å². The molecule has 0 fully saturated rings. The molecule has 0 heterocycles. The van der Waals surface area contributed by atoms with Crippen LogP contribution in [0.1, 0.15) is 98.6 Å². The van der Waals surface area contributed by atoms with Gasteiger partial charge in [-0.25, -0.2) is 0 Å². The van der Waals surface area contributed by atoms with Crippen molar-refractivity contribution >= 4 is 0 Å². The molecule has 2 aliphatic carbocycles. The van der Waals surface area contributed by atoms with Crippen molar-refractivity contribution < 1.29 is 0 Å². The van der Waals surface area contributed by atoms with E-state index in [2.05, 4.69) is 244 Å². The van der Waals surface area contributed by atoms with Crippen LogP contribution in [-0.4, -0.2) is 0 Å². The van der Waals surface area contributed by atoms with Gasteiger partial charge in [0.25, 0.3) is 0 Å². The Balaban J connectivity index is 0.921. The number of benzene rings is 10. The van der Waals surface area contributed by atoms with Gasteiger partial charge in [0.1, 0.15) is 0 Å². The summed E-state index contributed by atoms with van der Waals surface area (Å²) >= 11 is 0. The molecule has 356 valence electrons. The predicted octanol–water partition coefficient (Wildman–Crippen LogP) is 20.3. The highest BCUT2D eigenvalue weighted by Crippen LogP contribution is 2.65. The average molecular weight is 941 g/mol. The molecule has 0 bridgehead atoms. The van der Waals surface area contributed by atoms with Crippen molar-refractivity contribution in [3.63, 3.8) is 0 Å². The van der Waals surface area contributed by atoms with Crippen LogP contribution >= 0.6 is 0 Å². The van der Waals surface area contributed by atoms with Gasteiger partial charge in [0, 0.05) is 0 Å². The monoisotopic (exact) mass is 941 g/mol. The summed E-state index contributed by atoms with van der Waals surface area (Å²) in [7, 11) is 0. The molecular formula is C73H64. The molecule has 2 aliphatic rings. The van der Waals surface area contributed by atoms with Crippen LogP contribution in [0.3, 0.4) is 0 Å². The van der Waals surface area contributed by atoms with E-state index in [9.17, 15) is 0 Å². The van der Waals surface area contributed by atoms with Crippen LogP contribution in [0.2, 0.25) is 0 Å². The van der Waals surface area contributed by atoms with Crippen molar-refractivity contribution in [1.29, 1.82) is 0 Å². The molecule has 10 aromatic carbocycles. The maximum Gasteiger partial charge on any atom is 0.0725 e. The number of unbranched alkanes of at least 4 members (excludes halogenated alkanes) is 6. The zero-order valence-corrected chi connectivity index (χ0v) is 42.5. The van der Waals surface area contributed by atoms with E-state index >= 15 is 0 Å². The molecule has 0 nitrogen and oxygen atoms in total. The average Bonchev–Trinajstić information content (AvgIpc) is 3.94. The number of rotatable bonds is 16. The maximum atomic E-state index is 2.42. The molecule has 10 aromatic rings. The minimum atomic E-state index is -0.475. The molecule has 0 amide bonds. The highest BCUT2D eigenvalue weighted by Gasteiger charge is 2.52. The Morgan fingerprint density at radius 1 is 0.247 bits per heavy atom. The summed E-state index contributed by atoms with van der Waals surface area (Å²) in [5.74, 6) is 0. The molecular weight excluding hydrogens is 877 g/mol. The van der Waals surface area contributed by atoms with E-state index in [0.29, 0.717) is 0 Å². The van der Waals surface area contributed by atoms with Crippen molar-refractivity contribution in [3.05, 3.63) is 264 Å². The van der Waals surface area contributed by atoms with Crippen LogP contribution in [0.25, 0.3) is 89.0 Å². The highest BCUT2D eigenvalue weighted by molar-refractivity contribution is 6.03. The third-order valence-electron chi connectivity index (χ3n) is 16.0. The molecule has 0 heteroatoms. The Labute approximate surface area is 434 Å². The van der Waals surface area contributed by atoms with Crippen LogP contribution in [0.4, 0.5) is 0 Å². The molecule has 0 radical (unpaired) electrons. The van der Waals surface area contributed by atoms with Crippen LogP contribution in [0.5, 0.6) is 0 Å². The molecule has 0 aliphatic heterocycles. The molecule has 0 unspecified atom stereocenters. The van der Waals surface area contributed by atoms with E-state index < -0.39 is 5.41 Å². The van der Waals surface area contributed by atoms with E-state index in [1.54, 1.807) is 0 Å². The fourth-order valence-electron chi connectivity index (χ4n) is 12.5. The largest absolute Gasteiger partial charge is 0.0725 e. The lowest BCUT2D eigenvalue weighted by Gasteiger charge is -2.30. The molecule has 12 rings (SSSR count). The van der Waals surface area contributed by atoms with E-state index in [4.69, 9.17) is 0 Å². The smallest absolute Gasteiger partial charge is 0.0654 e. The van der Waals surface area contributed by atoms with Crippen molar-refractivity contribution in [3.8, 4) is 89.0 Å². The van der Waals surface area contributed by atoms with Gasteiger partial charge in [-0.05, 0) is 172 Å². The Morgan fingerprint density at radius 3 is 0.945 bits per heavy atom. The second-order valence-electron chi connectivity index (χ2n) is 20.6. The molecule has 73 heavy (non-hydrogen) atoms. The van der Waals surface area contributed by atoms with Crippen LogP contribution in [0.15, 0.2) is 231 Å². The zero-order chi connectivity index (χ0) is 49.1. The number of aryl methyl sites for hydroxylation is 2. The van der Waals surface area contributed by atoms with E-state index in [0.717, 1.165) is 12.8 Å². The predicted molar refractivity (Wildman–Crippen MR) is 311 cm³/mol. The first-order valence-corrected chi connectivity index (χ1v) is 27.2. The van der Waals surface area contributed by atoms with Crippen molar-refractivity contribution in [1.82, 2.24) is 0 Å². The molecule has 0 N–H and O–H groups in total. The third-order valence-corrected chi connectivity index (χ3v) is 16.0. The molecule has 0 aromatic heterocycles. The lowest BCUT2D eigenvalue weighted by atomic mass is 9.70. The third kappa shape index (κ3) is 8.57. The van der Waals surface area contributed by atoms with Crippen molar-refractivity contribution in [2.45, 2.75) is 83.5 Å². The fourth-order valence-corrected chi connectivity index (χ4v) is 12.5. The Kier molecular flexibility index (Phi) is 12.9. The summed E-state index contributed by atoms with van der Waals surface area (Å²) < 4.78 is 0. The first-order valence-electron chi connectivity index (χ1n) is 27.2. The van der Waals surface area contributed by atoms with Gasteiger partial charge in [-0.15, -0.1) is 0 Å². The fraction of sp³-hybridized carbons (Fsp3) is 0.178. The summed E-state index contributed by atoms with van der Waals surface area (Å²) in [5, 5.41) is 0. The van der Waals surface area contributed by atoms with Crippen molar-refractivity contribution in [2.75, 3.05) is 0 Å². The summed E-state index contributed by atoms with van der Waals surface area (Å²) in [6, 6.07) is 87.7. The SMILES string of the molecule is CCCCCCc1cccc(-c2cccc(-c3cccc(-c4cccc5c4-c4ccccc4C54c5ccccc5-c5c(-c6cccc(-c7cccc(-c8cccc(CCCCCC)c8)c7)c6)cccc54)c3)c2)c1. The molecule has 0 saturated heterocycles. The normalized spacial score (nSPS) is 12.6. The van der Waals surface area contributed by atoms with Gasteiger partial charge in [0.05, 0.1) is 5.41 Å². The number of fused-ring (bicyclic) bond motifs is 10. The topological polar surface area (TPSA) is 0 Å². The zero-order valence-electron chi connectivity index (χ0n) is 42.5. The standard InChI is InChI=1S/C73H64/c1-3-5-7-9-23-51-25-15-27-53(45-51)55-29-17-31-57(47-55)59-33-19-35-61(49-59)63-39-21-43-69-71(63)65-37-11-13-41-67(65)73(69)68-42-14-12-38-66(68)72-64(40-22-44-70(72)73)62-36-20-34-60(50-62)58-32-18-30-56(48-58)54-28-16-26-52(46-54)24-10-8-6-4-2/h11-22,25-50H,3-10,23-24H2,1-2H3. The van der Waals surface area contributed by atoms with Gasteiger partial charge in [-0.1, -0.05) is 259 Å². The van der Waals surface area contributed by atoms with Gasteiger partial charge in [0.2, 0.25) is 0 Å². The van der Waals surface area contributed by atoms with E-state index in [1.165, 1.54) is 174 Å². The Hall–Kier alpha value is -7.80. The minimum absolute atomic E-state index is 0.475. The number of hydrogen-bond donors (Lipinski definition) is 0. The van der Waals surface area contributed by atoms with Crippen LogP contribution in [-0.2, 0) is 18.3 Å². The van der Waals surface area contributed by atoms with Gasteiger partial charge >= 0.3 is 0 Å².